The predicted molar refractivity (Wildman–Crippen MR) is 121 cm³/mol. The normalized spacial score (nSPS) is 14.5. The summed E-state index contributed by atoms with van der Waals surface area (Å²) in [6, 6.07) is 14.4. The maximum atomic E-state index is 11.2. The van der Waals surface area contributed by atoms with Gasteiger partial charge in [0.1, 0.15) is 0 Å². The SMILES string of the molecule is CCCCCCSc1nnc2c(n1)O[C@@H](c1ccc(C(=O)O)cc1)Nc1ccccc1-2. The molecule has 8 heteroatoms. The number of hydrogen-bond donors (Lipinski definition) is 2. The molecule has 2 heterocycles. The van der Waals surface area contributed by atoms with Crippen molar-refractivity contribution in [1.82, 2.24) is 15.2 Å². The van der Waals surface area contributed by atoms with E-state index < -0.39 is 12.2 Å². The number of unbranched alkanes of at least 4 members (excludes halogenated alkanes) is 3. The van der Waals surface area contributed by atoms with Crippen LogP contribution in [0.4, 0.5) is 5.69 Å². The summed E-state index contributed by atoms with van der Waals surface area (Å²) in [5.74, 6) is 0.389. The molecule has 0 spiro atoms. The highest BCUT2D eigenvalue weighted by atomic mass is 32.2. The molecular formula is C23H24N4O3S. The molecule has 4 rings (SSSR count). The van der Waals surface area contributed by atoms with Crippen molar-refractivity contribution in [2.45, 2.75) is 44.0 Å². The van der Waals surface area contributed by atoms with Crippen molar-refractivity contribution < 1.29 is 14.6 Å². The fourth-order valence-corrected chi connectivity index (χ4v) is 4.13. The Bertz CT molecular complexity index is 1060. The van der Waals surface area contributed by atoms with Crippen molar-refractivity contribution in [2.24, 2.45) is 0 Å². The molecule has 1 aliphatic rings. The van der Waals surface area contributed by atoms with Crippen molar-refractivity contribution in [3.63, 3.8) is 0 Å². The molecular weight excluding hydrogens is 412 g/mol. The molecule has 1 aliphatic heterocycles. The Hall–Kier alpha value is -3.13. The lowest BCUT2D eigenvalue weighted by atomic mass is 10.1. The summed E-state index contributed by atoms with van der Waals surface area (Å²) in [7, 11) is 0. The highest BCUT2D eigenvalue weighted by Crippen LogP contribution is 2.39. The highest BCUT2D eigenvalue weighted by molar-refractivity contribution is 7.99. The van der Waals surface area contributed by atoms with E-state index in [0.717, 1.165) is 29.0 Å². The summed E-state index contributed by atoms with van der Waals surface area (Å²) in [5.41, 5.74) is 3.32. The molecule has 2 aromatic carbocycles. The molecule has 160 valence electrons. The van der Waals surface area contributed by atoms with E-state index in [4.69, 9.17) is 9.84 Å². The minimum atomic E-state index is -0.963. The van der Waals surface area contributed by atoms with Crippen LogP contribution in [-0.2, 0) is 0 Å². The zero-order valence-corrected chi connectivity index (χ0v) is 18.1. The standard InChI is InChI=1S/C23H24N4O3S/c1-2-3-4-7-14-31-23-25-21-19(26-27-23)17-8-5-6-9-18(17)24-20(30-21)15-10-12-16(13-11-15)22(28)29/h5-6,8-13,20,24H,2-4,7,14H2,1H3,(H,28,29)/t20-/m0/s1. The summed E-state index contributed by atoms with van der Waals surface area (Å²) in [6.45, 7) is 2.20. The number of fused-ring (bicyclic) bond motifs is 3. The average molecular weight is 437 g/mol. The molecule has 0 amide bonds. The third-order valence-corrected chi connectivity index (χ3v) is 5.95. The van der Waals surface area contributed by atoms with Crippen LogP contribution in [0.5, 0.6) is 5.88 Å². The summed E-state index contributed by atoms with van der Waals surface area (Å²) >= 11 is 1.58. The number of para-hydroxylation sites is 1. The van der Waals surface area contributed by atoms with E-state index >= 15 is 0 Å². The molecule has 0 aliphatic carbocycles. The summed E-state index contributed by atoms with van der Waals surface area (Å²) in [5, 5.41) is 21.9. The quantitative estimate of drug-likeness (QED) is 0.357. The Balaban J connectivity index is 1.62. The van der Waals surface area contributed by atoms with Gasteiger partial charge in [0.25, 0.3) is 0 Å². The Kier molecular flexibility index (Phi) is 6.66. The molecule has 3 aromatic rings. The number of rotatable bonds is 8. The van der Waals surface area contributed by atoms with Crippen LogP contribution in [0.3, 0.4) is 0 Å². The van der Waals surface area contributed by atoms with Gasteiger partial charge >= 0.3 is 5.97 Å². The number of thioether (sulfide) groups is 1. The number of ether oxygens (including phenoxy) is 1. The Labute approximate surface area is 185 Å². The number of carboxylic acids is 1. The van der Waals surface area contributed by atoms with Gasteiger partial charge in [-0.3, -0.25) is 0 Å². The first kappa shape index (κ1) is 21.1. The number of aromatic carboxylic acids is 1. The van der Waals surface area contributed by atoms with Crippen LogP contribution in [0.25, 0.3) is 11.3 Å². The summed E-state index contributed by atoms with van der Waals surface area (Å²) in [6.07, 6.45) is 4.21. The lowest BCUT2D eigenvalue weighted by molar-refractivity contribution is 0.0696. The maximum Gasteiger partial charge on any atom is 0.335 e. The second-order valence-corrected chi connectivity index (χ2v) is 8.33. The van der Waals surface area contributed by atoms with Gasteiger partial charge in [-0.15, -0.1) is 10.2 Å². The first-order valence-electron chi connectivity index (χ1n) is 10.4. The molecule has 7 nitrogen and oxygen atoms in total. The van der Waals surface area contributed by atoms with Crippen LogP contribution >= 0.6 is 11.8 Å². The van der Waals surface area contributed by atoms with E-state index in [1.54, 1.807) is 36.0 Å². The van der Waals surface area contributed by atoms with Gasteiger partial charge in [0.15, 0.2) is 11.9 Å². The molecule has 0 saturated heterocycles. The Morgan fingerprint density at radius 2 is 1.90 bits per heavy atom. The second kappa shape index (κ2) is 9.78. The van der Waals surface area contributed by atoms with E-state index in [0.29, 0.717) is 16.7 Å². The van der Waals surface area contributed by atoms with E-state index in [9.17, 15) is 4.79 Å². The van der Waals surface area contributed by atoms with Crippen LogP contribution in [-0.4, -0.2) is 32.0 Å². The van der Waals surface area contributed by atoms with E-state index in [2.05, 4.69) is 27.4 Å². The minimum absolute atomic E-state index is 0.226. The van der Waals surface area contributed by atoms with Gasteiger partial charge in [0.2, 0.25) is 11.0 Å². The highest BCUT2D eigenvalue weighted by Gasteiger charge is 2.26. The third kappa shape index (κ3) is 4.96. The lowest BCUT2D eigenvalue weighted by Crippen LogP contribution is -2.17. The van der Waals surface area contributed by atoms with E-state index in [1.807, 2.05) is 24.3 Å². The number of benzene rings is 2. The predicted octanol–water partition coefficient (Wildman–Crippen LogP) is 5.41. The van der Waals surface area contributed by atoms with Gasteiger partial charge in [-0.05, 0) is 24.6 Å². The van der Waals surface area contributed by atoms with E-state index in [-0.39, 0.29) is 5.56 Å². The zero-order chi connectivity index (χ0) is 21.6. The van der Waals surface area contributed by atoms with Gasteiger partial charge in [0, 0.05) is 22.6 Å². The molecule has 0 unspecified atom stereocenters. The molecule has 31 heavy (non-hydrogen) atoms. The molecule has 0 bridgehead atoms. The lowest BCUT2D eigenvalue weighted by Gasteiger charge is -2.19. The fourth-order valence-electron chi connectivity index (χ4n) is 3.35. The molecule has 2 N–H and O–H groups in total. The zero-order valence-electron chi connectivity index (χ0n) is 17.2. The van der Waals surface area contributed by atoms with Gasteiger partial charge in [-0.25, -0.2) is 4.79 Å². The molecule has 1 atom stereocenters. The third-order valence-electron chi connectivity index (χ3n) is 5.02. The fraction of sp³-hybridized carbons (Fsp3) is 0.304. The topological polar surface area (TPSA) is 97.2 Å². The number of carbonyl (C=O) groups is 1. The van der Waals surface area contributed by atoms with Crippen molar-refractivity contribution in [3.8, 4) is 17.1 Å². The number of hydrogen-bond acceptors (Lipinski definition) is 7. The van der Waals surface area contributed by atoms with Crippen LogP contribution in [0.2, 0.25) is 0 Å². The minimum Gasteiger partial charge on any atom is -0.478 e. The van der Waals surface area contributed by atoms with Crippen LogP contribution in [0.15, 0.2) is 53.7 Å². The monoisotopic (exact) mass is 436 g/mol. The van der Waals surface area contributed by atoms with Crippen LogP contribution in [0, 0.1) is 0 Å². The van der Waals surface area contributed by atoms with Crippen LogP contribution in [0.1, 0.15) is 54.8 Å². The maximum absolute atomic E-state index is 11.2. The Morgan fingerprint density at radius 1 is 1.10 bits per heavy atom. The summed E-state index contributed by atoms with van der Waals surface area (Å²) in [4.78, 5) is 15.8. The van der Waals surface area contributed by atoms with Crippen molar-refractivity contribution in [3.05, 3.63) is 59.7 Å². The number of anilines is 1. The molecule has 0 fully saturated rings. The van der Waals surface area contributed by atoms with Crippen molar-refractivity contribution in [2.75, 3.05) is 11.1 Å². The molecule has 0 saturated carbocycles. The van der Waals surface area contributed by atoms with Gasteiger partial charge in [-0.2, -0.15) is 4.98 Å². The number of nitrogens with zero attached hydrogens (tertiary/aromatic N) is 3. The van der Waals surface area contributed by atoms with Crippen LogP contribution < -0.4 is 10.1 Å². The summed E-state index contributed by atoms with van der Waals surface area (Å²) < 4.78 is 6.23. The van der Waals surface area contributed by atoms with E-state index in [1.165, 1.54) is 19.3 Å². The van der Waals surface area contributed by atoms with Crippen molar-refractivity contribution >= 4 is 23.4 Å². The largest absolute Gasteiger partial charge is 0.478 e. The Morgan fingerprint density at radius 3 is 2.68 bits per heavy atom. The average Bonchev–Trinajstić information content (AvgIpc) is 2.95. The van der Waals surface area contributed by atoms with Gasteiger partial charge in [-0.1, -0.05) is 68.3 Å². The first-order valence-corrected chi connectivity index (χ1v) is 11.4. The number of carboxylic acid groups (broad SMARTS) is 1. The number of aromatic nitrogens is 3. The van der Waals surface area contributed by atoms with Crippen molar-refractivity contribution in [1.29, 1.82) is 0 Å². The van der Waals surface area contributed by atoms with Gasteiger partial charge in [0.05, 0.1) is 5.56 Å². The molecule has 0 radical (unpaired) electrons. The first-order chi connectivity index (χ1) is 15.2. The van der Waals surface area contributed by atoms with Gasteiger partial charge < -0.3 is 15.2 Å². The second-order valence-electron chi connectivity index (χ2n) is 7.27. The molecule has 1 aromatic heterocycles. The smallest absolute Gasteiger partial charge is 0.335 e. The number of nitrogens with one attached hydrogen (secondary N) is 1.